The first-order valence-electron chi connectivity index (χ1n) is 17.8. The first-order chi connectivity index (χ1) is 29.1. The molecule has 0 unspecified atom stereocenters. The Hall–Kier alpha value is -8.44. The molecule has 305 valence electrons. The number of hydrogen-bond donors (Lipinski definition) is 0. The fraction of sp³-hybridized carbons (Fsp3) is 0.189. The lowest BCUT2D eigenvalue weighted by molar-refractivity contribution is -0.395. The smallest absolute Gasteiger partial charge is 0.412 e. The van der Waals surface area contributed by atoms with E-state index in [0.29, 0.717) is 45.4 Å². The summed E-state index contributed by atoms with van der Waals surface area (Å²) >= 11 is 0. The van der Waals surface area contributed by atoms with E-state index < -0.39 is 106 Å². The van der Waals surface area contributed by atoms with E-state index in [0.717, 1.165) is 19.1 Å². The highest BCUT2D eigenvalue weighted by atomic mass is 16.7. The number of rotatable bonds is 12. The second-order valence-electron chi connectivity index (χ2n) is 13.8. The number of oxime groups is 1. The Bertz CT molecular complexity index is 2900. The first kappa shape index (κ1) is 39.4. The quantitative estimate of drug-likeness (QED) is 0.0559. The third-order valence-corrected chi connectivity index (χ3v) is 10.4. The number of benzene rings is 3. The molecule has 0 saturated carbocycles. The van der Waals surface area contributed by atoms with Gasteiger partial charge in [0.15, 0.2) is 0 Å². The van der Waals surface area contributed by atoms with Gasteiger partial charge in [-0.2, -0.15) is 0 Å². The zero-order chi connectivity index (χ0) is 43.7. The largest absolute Gasteiger partial charge is 0.535 e. The van der Waals surface area contributed by atoms with Crippen molar-refractivity contribution >= 4 is 70.7 Å². The van der Waals surface area contributed by atoms with Gasteiger partial charge >= 0.3 is 19.4 Å². The van der Waals surface area contributed by atoms with E-state index >= 15 is 0 Å². The highest BCUT2D eigenvalue weighted by Gasteiger charge is 2.51. The molecule has 1 radical (unpaired) electrons. The number of non-ortho nitro benzene ring substituents is 2. The van der Waals surface area contributed by atoms with Crippen molar-refractivity contribution in [3.63, 3.8) is 0 Å². The average Bonchev–Trinajstić information content (AvgIpc) is 3.75. The van der Waals surface area contributed by atoms with Gasteiger partial charge < -0.3 is 23.5 Å². The number of aromatic nitrogens is 2. The third-order valence-electron chi connectivity index (χ3n) is 10.4. The molecule has 61 heavy (non-hydrogen) atoms. The van der Waals surface area contributed by atoms with Crippen LogP contribution in [0, 0.1) is 40.5 Å². The van der Waals surface area contributed by atoms with Crippen LogP contribution in [0.2, 0.25) is 0 Å². The van der Waals surface area contributed by atoms with Crippen molar-refractivity contribution in [2.24, 2.45) is 5.16 Å². The molecule has 3 aromatic carbocycles. The Morgan fingerprint density at radius 1 is 0.951 bits per heavy atom. The van der Waals surface area contributed by atoms with E-state index in [1.165, 1.54) is 25.0 Å². The zero-order valence-corrected chi connectivity index (χ0v) is 31.2. The lowest BCUT2D eigenvalue weighted by atomic mass is 9.85. The molecule has 3 aliphatic rings. The summed E-state index contributed by atoms with van der Waals surface area (Å²) in [6.07, 6.45) is -2.02. The highest BCUT2D eigenvalue weighted by Crippen LogP contribution is 2.50. The second kappa shape index (κ2) is 14.4. The third kappa shape index (κ3) is 6.23. The Balaban J connectivity index is 1.17. The molecule has 0 spiro atoms. The molecule has 24 heteroatoms. The van der Waals surface area contributed by atoms with Gasteiger partial charge in [-0.15, -0.1) is 0 Å². The number of ether oxygens (including phenoxy) is 2. The lowest BCUT2D eigenvalue weighted by Gasteiger charge is -2.36. The van der Waals surface area contributed by atoms with Crippen LogP contribution in [0.1, 0.15) is 48.1 Å². The molecule has 23 nitrogen and oxygen atoms in total. The molecule has 8 rings (SSSR count). The van der Waals surface area contributed by atoms with Gasteiger partial charge in [0.2, 0.25) is 11.7 Å². The Morgan fingerprint density at radius 3 is 2.16 bits per heavy atom. The maximum absolute atomic E-state index is 14.0. The Kier molecular flexibility index (Phi) is 9.32. The predicted octanol–water partition coefficient (Wildman–Crippen LogP) is 3.52. The van der Waals surface area contributed by atoms with Crippen molar-refractivity contribution in [3.8, 4) is 22.5 Å². The maximum atomic E-state index is 14.0. The SMILES string of the molecule is CC[C@@]1(OC(=O)[C@@H](C)ON=C2c3cc([N+](=O)[O-])cc([N+](=O)[O-])c3-c3c2cc([N+](=O)[O-])cc3[N+](=O)[O-])C(=O)OCc2c1cc1n(c2=O)Cc2cc3cc([B]OC=O)ccc3nc2-1. The van der Waals surface area contributed by atoms with Crippen LogP contribution in [0.5, 0.6) is 0 Å². The monoisotopic (exact) mass is 832 g/mol. The number of nitrogens with zero attached hydrogens (tertiary/aromatic N) is 7. The van der Waals surface area contributed by atoms with Crippen LogP contribution < -0.4 is 11.0 Å². The van der Waals surface area contributed by atoms with E-state index in [4.69, 9.17) is 23.9 Å². The minimum atomic E-state index is -2.22. The Morgan fingerprint density at radius 2 is 1.59 bits per heavy atom. The van der Waals surface area contributed by atoms with Gasteiger partial charge in [-0.3, -0.25) is 50.0 Å². The van der Waals surface area contributed by atoms with Crippen molar-refractivity contribution in [1.82, 2.24) is 9.55 Å². The number of fused-ring (bicyclic) bond motifs is 8. The highest BCUT2D eigenvalue weighted by molar-refractivity contribution is 6.48. The molecule has 0 bridgehead atoms. The van der Waals surface area contributed by atoms with Crippen molar-refractivity contribution < 1.29 is 53.0 Å². The van der Waals surface area contributed by atoms with Crippen molar-refractivity contribution in [2.75, 3.05) is 0 Å². The standard InChI is InChI=1S/C37H23BN7O16/c1-3-37(25-12-29-32-18(13-41(29)34(47)24(25)14-58-36(37)49)6-17-7-19(38-59-15-46)4-5-26(17)39-32)60-35(48)16(2)61-40-33-22-8-20(42(50)51)10-27(44(54)55)30(22)31-23(33)9-21(43(52)53)11-28(31)45(56)57/h4-12,15-16H,3,13-14H2,1-2H3/t16-,37+/m1/s1. The van der Waals surface area contributed by atoms with E-state index in [9.17, 15) is 59.6 Å². The summed E-state index contributed by atoms with van der Waals surface area (Å²) in [6, 6.07) is 11.1. The topological polar surface area (TPSA) is 308 Å². The molecule has 0 N–H and O–H groups in total. The molecular weight excluding hydrogens is 809 g/mol. The second-order valence-corrected chi connectivity index (χ2v) is 13.8. The minimum Gasteiger partial charge on any atom is -0.535 e. The van der Waals surface area contributed by atoms with E-state index in [-0.39, 0.29) is 30.6 Å². The van der Waals surface area contributed by atoms with Gasteiger partial charge in [0, 0.05) is 39.8 Å². The lowest BCUT2D eigenvalue weighted by Crippen LogP contribution is -2.48. The van der Waals surface area contributed by atoms with Crippen molar-refractivity contribution in [3.05, 3.63) is 133 Å². The summed E-state index contributed by atoms with van der Waals surface area (Å²) in [6.45, 7) is 2.53. The molecule has 2 aromatic heterocycles. The van der Waals surface area contributed by atoms with Crippen molar-refractivity contribution in [1.29, 1.82) is 0 Å². The van der Waals surface area contributed by atoms with Crippen LogP contribution in [-0.4, -0.2) is 67.0 Å². The first-order valence-corrected chi connectivity index (χ1v) is 17.8. The molecular formula is C37H23BN7O16. The molecule has 0 saturated heterocycles. The van der Waals surface area contributed by atoms with Gasteiger partial charge in [-0.25, -0.2) is 14.6 Å². The number of cyclic esters (lactones) is 1. The summed E-state index contributed by atoms with van der Waals surface area (Å²) in [5.74, 6) is -2.29. The van der Waals surface area contributed by atoms with Crippen LogP contribution in [0.3, 0.4) is 0 Å². The van der Waals surface area contributed by atoms with Gasteiger partial charge in [0.05, 0.1) is 72.0 Å². The number of pyridine rings is 2. The van der Waals surface area contributed by atoms with Gasteiger partial charge in [-0.1, -0.05) is 24.2 Å². The van der Waals surface area contributed by atoms with E-state index in [1.807, 2.05) is 6.07 Å². The van der Waals surface area contributed by atoms with Crippen LogP contribution in [0.25, 0.3) is 33.4 Å². The maximum Gasteiger partial charge on any atom is 0.412 e. The van der Waals surface area contributed by atoms with Gasteiger partial charge in [0.25, 0.3) is 34.8 Å². The summed E-state index contributed by atoms with van der Waals surface area (Å²) in [7, 11) is 1.26. The average molecular weight is 832 g/mol. The molecule has 0 fully saturated rings. The van der Waals surface area contributed by atoms with Crippen LogP contribution >= 0.6 is 0 Å². The number of carbonyl (C=O) groups is 3. The molecule has 0 amide bonds. The fourth-order valence-electron chi connectivity index (χ4n) is 7.64. The molecule has 2 aliphatic heterocycles. The number of nitro benzene ring substituents is 4. The summed E-state index contributed by atoms with van der Waals surface area (Å²) in [5, 5.41) is 52.5. The minimum absolute atomic E-state index is 0.0117. The van der Waals surface area contributed by atoms with Crippen LogP contribution in [-0.2, 0) is 52.1 Å². The summed E-state index contributed by atoms with van der Waals surface area (Å²) in [4.78, 5) is 106. The van der Waals surface area contributed by atoms with Gasteiger partial charge in [0.1, 0.15) is 12.3 Å². The number of nitro groups is 4. The van der Waals surface area contributed by atoms with E-state index in [1.54, 1.807) is 18.2 Å². The van der Waals surface area contributed by atoms with Crippen molar-refractivity contribution in [2.45, 2.75) is 45.1 Å². The van der Waals surface area contributed by atoms with Crippen LogP contribution in [0.4, 0.5) is 22.7 Å². The molecule has 5 aromatic rings. The summed E-state index contributed by atoms with van der Waals surface area (Å²) < 4.78 is 17.4. The Labute approximate surface area is 339 Å². The molecule has 2 atom stereocenters. The number of carbonyl (C=O) groups excluding carboxylic acids is 3. The normalized spacial score (nSPS) is 15.8. The number of hydrogen-bond acceptors (Lipinski definition) is 18. The van der Waals surface area contributed by atoms with Crippen LogP contribution in [0.15, 0.2) is 64.5 Å². The predicted molar refractivity (Wildman–Crippen MR) is 206 cm³/mol. The fourth-order valence-corrected chi connectivity index (χ4v) is 7.64. The summed E-state index contributed by atoms with van der Waals surface area (Å²) in [5.41, 5.74) is -6.36. The molecule has 4 heterocycles. The van der Waals surface area contributed by atoms with E-state index in [2.05, 4.69) is 5.16 Å². The van der Waals surface area contributed by atoms with Gasteiger partial charge in [-0.05, 0) is 37.0 Å². The zero-order valence-electron chi connectivity index (χ0n) is 31.2. The number of esters is 2. The molecule has 1 aliphatic carbocycles.